The molecule has 2 aromatic rings. The first-order chi connectivity index (χ1) is 12.8. The summed E-state index contributed by atoms with van der Waals surface area (Å²) in [7, 11) is 0. The Morgan fingerprint density at radius 1 is 1.15 bits per heavy atom. The van der Waals surface area contributed by atoms with Gasteiger partial charge in [-0.1, -0.05) is 0 Å². The highest BCUT2D eigenvalue weighted by Gasteiger charge is 2.34. The highest BCUT2D eigenvalue weighted by molar-refractivity contribution is 5.97. The third-order valence-corrected chi connectivity index (χ3v) is 3.99. The van der Waals surface area contributed by atoms with Gasteiger partial charge in [0.15, 0.2) is 0 Å². The Balaban J connectivity index is 1.69. The first-order valence-electron chi connectivity index (χ1n) is 7.89. The normalized spacial score (nSPS) is 15.1. The third-order valence-electron chi connectivity index (χ3n) is 3.99. The number of amides is 2. The minimum atomic E-state index is -4.62. The van der Waals surface area contributed by atoms with Gasteiger partial charge in [0, 0.05) is 37.2 Å². The number of anilines is 1. The molecule has 142 valence electrons. The van der Waals surface area contributed by atoms with Crippen molar-refractivity contribution in [1.82, 2.24) is 19.7 Å². The van der Waals surface area contributed by atoms with Crippen LogP contribution in [0.4, 0.5) is 18.9 Å². The van der Waals surface area contributed by atoms with Crippen LogP contribution in [-0.4, -0.2) is 51.1 Å². The first kappa shape index (κ1) is 18.5. The summed E-state index contributed by atoms with van der Waals surface area (Å²) >= 11 is 0. The van der Waals surface area contributed by atoms with E-state index in [1.807, 2.05) is 0 Å². The number of piperazine rings is 1. The maximum atomic E-state index is 12.8. The molecule has 1 aliphatic rings. The Morgan fingerprint density at radius 3 is 2.59 bits per heavy atom. The zero-order valence-corrected chi connectivity index (χ0v) is 13.9. The fourth-order valence-electron chi connectivity index (χ4n) is 2.64. The molecule has 1 fully saturated rings. The van der Waals surface area contributed by atoms with Gasteiger partial charge in [0.1, 0.15) is 18.8 Å². The molecule has 3 heterocycles. The average molecular weight is 381 g/mol. The van der Waals surface area contributed by atoms with Crippen LogP contribution in [0.25, 0.3) is 0 Å². The summed E-state index contributed by atoms with van der Waals surface area (Å²) in [5.74, 6) is -1.00. The van der Waals surface area contributed by atoms with Gasteiger partial charge in [-0.05, 0) is 18.2 Å². The number of rotatable bonds is 3. The predicted octanol–water partition coefficient (Wildman–Crippen LogP) is 0.532. The van der Waals surface area contributed by atoms with E-state index in [-0.39, 0.29) is 31.9 Å². The molecule has 0 radical (unpaired) electrons. The van der Waals surface area contributed by atoms with Crippen molar-refractivity contribution in [3.63, 3.8) is 0 Å². The largest absolute Gasteiger partial charge is 0.433 e. The summed E-state index contributed by atoms with van der Waals surface area (Å²) in [6.07, 6.45) is -2.28. The molecule has 1 aliphatic heterocycles. The first-order valence-corrected chi connectivity index (χ1v) is 7.89. The van der Waals surface area contributed by atoms with Crippen LogP contribution >= 0.6 is 0 Å². The molecular formula is C16H14F3N5O3. The van der Waals surface area contributed by atoms with E-state index in [4.69, 9.17) is 0 Å². The topological polar surface area (TPSA) is 88.4 Å². The number of hydrogen-bond acceptors (Lipinski definition) is 5. The lowest BCUT2D eigenvalue weighted by Crippen LogP contribution is -2.53. The van der Waals surface area contributed by atoms with E-state index >= 15 is 0 Å². The van der Waals surface area contributed by atoms with Gasteiger partial charge in [0.05, 0.1) is 0 Å². The van der Waals surface area contributed by atoms with Gasteiger partial charge in [-0.25, -0.2) is 4.68 Å². The number of carbonyl (C=O) groups excluding carboxylic acids is 2. The van der Waals surface area contributed by atoms with E-state index in [2.05, 4.69) is 10.1 Å². The van der Waals surface area contributed by atoms with Crippen LogP contribution in [0.15, 0.2) is 41.5 Å². The predicted molar refractivity (Wildman–Crippen MR) is 86.7 cm³/mol. The third kappa shape index (κ3) is 4.13. The number of nitrogens with zero attached hydrogens (tertiary/aromatic N) is 5. The minimum absolute atomic E-state index is 0.0308. The molecule has 27 heavy (non-hydrogen) atoms. The maximum Gasteiger partial charge on any atom is 0.433 e. The van der Waals surface area contributed by atoms with Crippen molar-refractivity contribution in [1.29, 1.82) is 0 Å². The van der Waals surface area contributed by atoms with E-state index < -0.39 is 29.2 Å². The van der Waals surface area contributed by atoms with Crippen molar-refractivity contribution in [3.05, 3.63) is 52.7 Å². The zero-order valence-electron chi connectivity index (χ0n) is 13.9. The number of halogens is 3. The zero-order chi connectivity index (χ0) is 19.6. The highest BCUT2D eigenvalue weighted by atomic mass is 19.4. The number of alkyl halides is 3. The summed E-state index contributed by atoms with van der Waals surface area (Å²) in [6, 6.07) is 4.79. The molecule has 0 unspecified atom stereocenters. The molecular weight excluding hydrogens is 367 g/mol. The quantitative estimate of drug-likeness (QED) is 0.774. The summed E-state index contributed by atoms with van der Waals surface area (Å²) in [6.45, 7) is -0.469. The smallest absolute Gasteiger partial charge is 0.330 e. The molecule has 11 heteroatoms. The molecule has 0 aliphatic carbocycles. The highest BCUT2D eigenvalue weighted by Crippen LogP contribution is 2.30. The number of pyridine rings is 1. The van der Waals surface area contributed by atoms with Gasteiger partial charge in [-0.3, -0.25) is 19.4 Å². The van der Waals surface area contributed by atoms with Crippen molar-refractivity contribution < 1.29 is 22.8 Å². The maximum absolute atomic E-state index is 12.8. The number of carbonyl (C=O) groups is 2. The molecule has 8 nitrogen and oxygen atoms in total. The second kappa shape index (κ2) is 7.17. The Kier molecular flexibility index (Phi) is 4.93. The van der Waals surface area contributed by atoms with Crippen LogP contribution in [0, 0.1) is 0 Å². The van der Waals surface area contributed by atoms with Crippen molar-refractivity contribution in [2.45, 2.75) is 12.7 Å². The molecule has 0 aromatic carbocycles. The van der Waals surface area contributed by atoms with E-state index in [0.29, 0.717) is 0 Å². The van der Waals surface area contributed by atoms with Crippen LogP contribution in [0.1, 0.15) is 5.69 Å². The SMILES string of the molecule is O=C(Cn1ncccc1=O)N1CCN(c2ccnc(C(F)(F)F)c2)C(=O)C1. The molecule has 0 N–H and O–H groups in total. The van der Waals surface area contributed by atoms with Crippen LogP contribution < -0.4 is 10.5 Å². The van der Waals surface area contributed by atoms with E-state index in [0.717, 1.165) is 16.9 Å². The Bertz CT molecular complexity index is 928. The monoisotopic (exact) mass is 381 g/mol. The lowest BCUT2D eigenvalue weighted by molar-refractivity contribution is -0.141. The Labute approximate surface area is 150 Å². The van der Waals surface area contributed by atoms with Crippen LogP contribution in [0.5, 0.6) is 0 Å². The fraction of sp³-hybridized carbons (Fsp3) is 0.312. The van der Waals surface area contributed by atoms with Crippen molar-refractivity contribution in [3.8, 4) is 0 Å². The second-order valence-corrected chi connectivity index (χ2v) is 5.78. The molecule has 2 aromatic heterocycles. The van der Waals surface area contributed by atoms with Crippen molar-refractivity contribution >= 4 is 17.5 Å². The standard InChI is InChI=1S/C16H14F3N5O3/c17-16(18,19)12-8-11(3-5-20-12)23-7-6-22(9-15(23)27)14(26)10-24-13(25)2-1-4-21-24/h1-5,8H,6-7,9-10H2. The summed E-state index contributed by atoms with van der Waals surface area (Å²) in [5.41, 5.74) is -1.48. The number of aromatic nitrogens is 3. The van der Waals surface area contributed by atoms with Crippen LogP contribution in [-0.2, 0) is 22.3 Å². The average Bonchev–Trinajstić information content (AvgIpc) is 2.63. The number of hydrogen-bond donors (Lipinski definition) is 0. The molecule has 3 rings (SSSR count). The lowest BCUT2D eigenvalue weighted by atomic mass is 10.2. The van der Waals surface area contributed by atoms with Gasteiger partial charge in [-0.15, -0.1) is 0 Å². The van der Waals surface area contributed by atoms with Crippen molar-refractivity contribution in [2.75, 3.05) is 24.5 Å². The second-order valence-electron chi connectivity index (χ2n) is 5.78. The summed E-state index contributed by atoms with van der Waals surface area (Å²) < 4.78 is 39.3. The molecule has 2 amide bonds. The van der Waals surface area contributed by atoms with E-state index in [1.54, 1.807) is 0 Å². The Hall–Kier alpha value is -3.24. The molecule has 1 saturated heterocycles. The molecule has 0 saturated carbocycles. The van der Waals surface area contributed by atoms with E-state index in [9.17, 15) is 27.6 Å². The molecule has 0 atom stereocenters. The Morgan fingerprint density at radius 2 is 1.93 bits per heavy atom. The van der Waals surface area contributed by atoms with Crippen LogP contribution in [0.3, 0.4) is 0 Å². The van der Waals surface area contributed by atoms with Gasteiger partial charge in [0.25, 0.3) is 5.56 Å². The summed E-state index contributed by atoms with van der Waals surface area (Å²) in [5, 5.41) is 3.78. The lowest BCUT2D eigenvalue weighted by Gasteiger charge is -2.34. The van der Waals surface area contributed by atoms with Crippen molar-refractivity contribution in [2.24, 2.45) is 0 Å². The van der Waals surface area contributed by atoms with Gasteiger partial charge >= 0.3 is 6.18 Å². The van der Waals surface area contributed by atoms with E-state index in [1.165, 1.54) is 34.2 Å². The fourth-order valence-corrected chi connectivity index (χ4v) is 2.64. The van der Waals surface area contributed by atoms with Gasteiger partial charge < -0.3 is 9.80 Å². The van der Waals surface area contributed by atoms with Gasteiger partial charge in [0.2, 0.25) is 11.8 Å². The van der Waals surface area contributed by atoms with Gasteiger partial charge in [-0.2, -0.15) is 18.3 Å². The molecule has 0 bridgehead atoms. The minimum Gasteiger partial charge on any atom is -0.330 e. The summed E-state index contributed by atoms with van der Waals surface area (Å²) in [4.78, 5) is 41.9. The van der Waals surface area contributed by atoms with Crippen LogP contribution in [0.2, 0.25) is 0 Å². The molecule has 0 spiro atoms.